The number of rotatable bonds is 5. The lowest BCUT2D eigenvalue weighted by molar-refractivity contribution is -0.124. The molecule has 142 valence electrons. The summed E-state index contributed by atoms with van der Waals surface area (Å²) in [4.78, 5) is 17.4. The van der Waals surface area contributed by atoms with Gasteiger partial charge in [-0.2, -0.15) is 5.10 Å². The van der Waals surface area contributed by atoms with E-state index in [4.69, 9.17) is 4.74 Å². The number of hydrogen-bond acceptors (Lipinski definition) is 3. The van der Waals surface area contributed by atoms with Gasteiger partial charge in [-0.15, -0.1) is 0 Å². The molecule has 6 heteroatoms. The Labute approximate surface area is 158 Å². The minimum absolute atomic E-state index is 0.0376. The summed E-state index contributed by atoms with van der Waals surface area (Å²) in [6.07, 6.45) is 4.64. The Morgan fingerprint density at radius 3 is 2.89 bits per heavy atom. The molecule has 6 nitrogen and oxygen atoms in total. The van der Waals surface area contributed by atoms with E-state index in [2.05, 4.69) is 21.2 Å². The van der Waals surface area contributed by atoms with Gasteiger partial charge in [-0.3, -0.25) is 9.89 Å². The van der Waals surface area contributed by atoms with Crippen molar-refractivity contribution in [2.24, 2.45) is 0 Å². The van der Waals surface area contributed by atoms with Gasteiger partial charge in [-0.25, -0.2) is 0 Å². The summed E-state index contributed by atoms with van der Waals surface area (Å²) in [6.45, 7) is 3.93. The largest absolute Gasteiger partial charge is 0.369 e. The van der Waals surface area contributed by atoms with Crippen LogP contribution in [0.2, 0.25) is 0 Å². The number of amides is 1. The van der Waals surface area contributed by atoms with E-state index in [1.807, 2.05) is 32.0 Å². The van der Waals surface area contributed by atoms with Crippen LogP contribution < -0.4 is 4.90 Å². The molecule has 0 unspecified atom stereocenters. The number of carbonyl (C=O) groups excluding carboxylic acids is 1. The van der Waals surface area contributed by atoms with Crippen LogP contribution in [-0.4, -0.2) is 40.8 Å². The predicted molar refractivity (Wildman–Crippen MR) is 107 cm³/mol. The molecule has 0 spiro atoms. The van der Waals surface area contributed by atoms with E-state index in [1.54, 1.807) is 11.9 Å². The van der Waals surface area contributed by atoms with Gasteiger partial charge in [0.15, 0.2) is 0 Å². The summed E-state index contributed by atoms with van der Waals surface area (Å²) in [5.41, 5.74) is 6.50. The zero-order chi connectivity index (χ0) is 19.0. The molecule has 0 saturated heterocycles. The second-order valence-corrected chi connectivity index (χ2v) is 7.50. The average molecular weight is 366 g/mol. The number of H-pyrrole nitrogens is 2. The van der Waals surface area contributed by atoms with Crippen molar-refractivity contribution in [2.45, 2.75) is 45.6 Å². The van der Waals surface area contributed by atoms with Gasteiger partial charge >= 0.3 is 0 Å². The number of anilines is 1. The molecule has 2 heterocycles. The minimum atomic E-state index is -0.0591. The maximum absolute atomic E-state index is 12.3. The number of aryl methyl sites for hydroxylation is 1. The monoisotopic (exact) mass is 366 g/mol. The van der Waals surface area contributed by atoms with Crippen LogP contribution in [0, 0.1) is 0 Å². The van der Waals surface area contributed by atoms with Crippen LogP contribution in [0.3, 0.4) is 0 Å². The zero-order valence-corrected chi connectivity index (χ0v) is 16.1. The summed E-state index contributed by atoms with van der Waals surface area (Å²) < 4.78 is 5.43. The van der Waals surface area contributed by atoms with E-state index in [0.29, 0.717) is 0 Å². The van der Waals surface area contributed by atoms with Crippen molar-refractivity contribution in [2.75, 3.05) is 18.6 Å². The Bertz CT molecular complexity index is 970. The van der Waals surface area contributed by atoms with Crippen molar-refractivity contribution in [3.05, 3.63) is 35.5 Å². The van der Waals surface area contributed by atoms with E-state index < -0.39 is 0 Å². The molecule has 0 bridgehead atoms. The van der Waals surface area contributed by atoms with E-state index in [1.165, 1.54) is 24.1 Å². The van der Waals surface area contributed by atoms with Crippen molar-refractivity contribution in [1.82, 2.24) is 15.2 Å². The SMILES string of the molecule is CC(C)OCC(=O)N(C)c1ccc2cc(-c3n[nH]c4c3CCCC4)[nH]c2c1. The lowest BCUT2D eigenvalue weighted by Gasteiger charge is -2.18. The van der Waals surface area contributed by atoms with Gasteiger partial charge in [-0.05, 0) is 57.7 Å². The number of carbonyl (C=O) groups is 1. The number of hydrogen-bond donors (Lipinski definition) is 2. The van der Waals surface area contributed by atoms with Gasteiger partial charge in [0.1, 0.15) is 12.3 Å². The molecule has 1 aliphatic rings. The van der Waals surface area contributed by atoms with Crippen molar-refractivity contribution < 1.29 is 9.53 Å². The van der Waals surface area contributed by atoms with Crippen molar-refractivity contribution >= 4 is 22.5 Å². The highest BCUT2D eigenvalue weighted by Gasteiger charge is 2.19. The van der Waals surface area contributed by atoms with Gasteiger partial charge in [0.2, 0.25) is 0 Å². The summed E-state index contributed by atoms with van der Waals surface area (Å²) >= 11 is 0. The third-order valence-electron chi connectivity index (χ3n) is 5.22. The van der Waals surface area contributed by atoms with Crippen LogP contribution in [0.15, 0.2) is 24.3 Å². The fourth-order valence-corrected chi connectivity index (χ4v) is 3.63. The Balaban J connectivity index is 1.60. The summed E-state index contributed by atoms with van der Waals surface area (Å²) in [5, 5.41) is 8.86. The van der Waals surface area contributed by atoms with Crippen molar-refractivity contribution in [3.63, 3.8) is 0 Å². The van der Waals surface area contributed by atoms with Crippen molar-refractivity contribution in [3.8, 4) is 11.4 Å². The van der Waals surface area contributed by atoms with E-state index in [9.17, 15) is 4.79 Å². The van der Waals surface area contributed by atoms with Gasteiger partial charge in [0, 0.05) is 34.9 Å². The van der Waals surface area contributed by atoms with Crippen molar-refractivity contribution in [1.29, 1.82) is 0 Å². The predicted octanol–water partition coefficient (Wildman–Crippen LogP) is 3.82. The fourth-order valence-electron chi connectivity index (χ4n) is 3.63. The summed E-state index contributed by atoms with van der Waals surface area (Å²) in [7, 11) is 1.78. The minimum Gasteiger partial charge on any atom is -0.369 e. The highest BCUT2D eigenvalue weighted by Crippen LogP contribution is 2.32. The highest BCUT2D eigenvalue weighted by molar-refractivity contribution is 5.97. The first-order valence-electron chi connectivity index (χ1n) is 9.60. The number of likely N-dealkylation sites (N-methyl/N-ethyl adjacent to an activating group) is 1. The molecule has 3 aromatic rings. The molecule has 0 radical (unpaired) electrons. The molecule has 2 aromatic heterocycles. The van der Waals surface area contributed by atoms with E-state index >= 15 is 0 Å². The normalized spacial score (nSPS) is 13.9. The topological polar surface area (TPSA) is 74.0 Å². The summed E-state index contributed by atoms with van der Waals surface area (Å²) in [6, 6.07) is 8.14. The maximum atomic E-state index is 12.3. The Morgan fingerprint density at radius 1 is 1.26 bits per heavy atom. The molecule has 0 aliphatic heterocycles. The third kappa shape index (κ3) is 3.49. The Morgan fingerprint density at radius 2 is 2.07 bits per heavy atom. The lowest BCUT2D eigenvalue weighted by Crippen LogP contribution is -2.31. The molecule has 0 fully saturated rings. The number of aromatic nitrogens is 3. The smallest absolute Gasteiger partial charge is 0.252 e. The third-order valence-corrected chi connectivity index (χ3v) is 5.22. The molecule has 0 saturated carbocycles. The molecular weight excluding hydrogens is 340 g/mol. The molecular formula is C21H26N4O2. The first-order valence-corrected chi connectivity index (χ1v) is 9.60. The van der Waals surface area contributed by atoms with Crippen LogP contribution in [0.4, 0.5) is 5.69 Å². The number of aromatic amines is 2. The molecule has 2 N–H and O–H groups in total. The summed E-state index contributed by atoms with van der Waals surface area (Å²) in [5.74, 6) is -0.0591. The zero-order valence-electron chi connectivity index (χ0n) is 16.1. The molecule has 0 atom stereocenters. The first kappa shape index (κ1) is 17.8. The van der Waals surface area contributed by atoms with Crippen LogP contribution in [0.25, 0.3) is 22.3 Å². The van der Waals surface area contributed by atoms with Crippen LogP contribution >= 0.6 is 0 Å². The van der Waals surface area contributed by atoms with Gasteiger partial charge in [0.25, 0.3) is 5.91 Å². The molecule has 1 aliphatic carbocycles. The lowest BCUT2D eigenvalue weighted by atomic mass is 9.95. The van der Waals surface area contributed by atoms with Crippen LogP contribution in [0.1, 0.15) is 37.9 Å². The molecule has 4 rings (SSSR count). The second-order valence-electron chi connectivity index (χ2n) is 7.50. The van der Waals surface area contributed by atoms with Gasteiger partial charge in [0.05, 0.1) is 11.8 Å². The fraction of sp³-hybridized carbons (Fsp3) is 0.429. The van der Waals surface area contributed by atoms with Crippen LogP contribution in [-0.2, 0) is 22.4 Å². The average Bonchev–Trinajstić information content (AvgIpc) is 3.28. The van der Waals surface area contributed by atoms with Crippen LogP contribution in [0.5, 0.6) is 0 Å². The number of ether oxygens (including phenoxy) is 1. The number of fused-ring (bicyclic) bond motifs is 2. The highest BCUT2D eigenvalue weighted by atomic mass is 16.5. The molecule has 27 heavy (non-hydrogen) atoms. The standard InChI is InChI=1S/C21H26N4O2/c1-13(2)27-12-20(26)25(3)15-9-8-14-10-19(22-18(14)11-15)21-16-6-4-5-7-17(16)23-24-21/h8-11,13,22H,4-7,12H2,1-3H3,(H,23,24). The van der Waals surface area contributed by atoms with E-state index in [0.717, 1.165) is 40.8 Å². The Kier molecular flexibility index (Phi) is 4.74. The first-order chi connectivity index (χ1) is 13.0. The number of nitrogens with zero attached hydrogens (tertiary/aromatic N) is 2. The maximum Gasteiger partial charge on any atom is 0.252 e. The number of nitrogens with one attached hydrogen (secondary N) is 2. The van der Waals surface area contributed by atoms with Gasteiger partial charge in [-0.1, -0.05) is 6.07 Å². The Hall–Kier alpha value is -2.60. The molecule has 1 amide bonds. The second kappa shape index (κ2) is 7.19. The molecule has 1 aromatic carbocycles. The number of benzene rings is 1. The van der Waals surface area contributed by atoms with E-state index in [-0.39, 0.29) is 18.6 Å². The van der Waals surface area contributed by atoms with Gasteiger partial charge < -0.3 is 14.6 Å². The quantitative estimate of drug-likeness (QED) is 0.721.